The number of halogens is 3. The van der Waals surface area contributed by atoms with Gasteiger partial charge in [0.2, 0.25) is 0 Å². The molecule has 3 rings (SSSR count). The summed E-state index contributed by atoms with van der Waals surface area (Å²) < 4.78 is 39.3. The Hall–Kier alpha value is -2.06. The van der Waals surface area contributed by atoms with E-state index in [0.29, 0.717) is 17.4 Å². The maximum absolute atomic E-state index is 13.1. The smallest absolute Gasteiger partial charge is 0.332 e. The summed E-state index contributed by atoms with van der Waals surface area (Å²) in [5, 5.41) is 4.18. The zero-order chi connectivity index (χ0) is 18.7. The van der Waals surface area contributed by atoms with Gasteiger partial charge < -0.3 is 5.32 Å². The molecular weight excluding hydrogens is 379 g/mol. The molecule has 1 heterocycles. The van der Waals surface area contributed by atoms with Gasteiger partial charge in [-0.25, -0.2) is 0 Å². The maximum Gasteiger partial charge on any atom is 0.416 e. The van der Waals surface area contributed by atoms with Crippen molar-refractivity contribution in [1.29, 1.82) is 0 Å². The van der Waals surface area contributed by atoms with Crippen molar-refractivity contribution < 1.29 is 13.2 Å². The number of thiocarbonyl (C=S) groups is 1. The van der Waals surface area contributed by atoms with Crippen LogP contribution in [0, 0.1) is 0 Å². The number of para-hydroxylation sites is 1. The number of alkyl halides is 3. The SMILES string of the molecule is C[C@H]1CN=C(N(C(=S)Nc2ccccc2)c2cccc(C(F)(F)F)c2)S1. The molecule has 0 aromatic heterocycles. The number of anilines is 2. The highest BCUT2D eigenvalue weighted by atomic mass is 32.2. The van der Waals surface area contributed by atoms with Crippen LogP contribution in [0.15, 0.2) is 59.6 Å². The Morgan fingerprint density at radius 3 is 2.54 bits per heavy atom. The van der Waals surface area contributed by atoms with Crippen molar-refractivity contribution in [3.05, 3.63) is 60.2 Å². The number of nitrogens with one attached hydrogen (secondary N) is 1. The van der Waals surface area contributed by atoms with Crippen LogP contribution in [0.1, 0.15) is 12.5 Å². The second-order valence-corrected chi connectivity index (χ2v) is 7.52. The third-order valence-electron chi connectivity index (χ3n) is 3.64. The molecule has 0 bridgehead atoms. The van der Waals surface area contributed by atoms with Crippen LogP contribution < -0.4 is 10.2 Å². The zero-order valence-corrected chi connectivity index (χ0v) is 15.5. The molecule has 0 radical (unpaired) electrons. The highest BCUT2D eigenvalue weighted by Crippen LogP contribution is 2.34. The van der Waals surface area contributed by atoms with Gasteiger partial charge in [0.25, 0.3) is 0 Å². The van der Waals surface area contributed by atoms with Crippen molar-refractivity contribution in [1.82, 2.24) is 0 Å². The van der Waals surface area contributed by atoms with Gasteiger partial charge in [0.05, 0.1) is 17.8 Å². The lowest BCUT2D eigenvalue weighted by molar-refractivity contribution is -0.137. The molecule has 0 unspecified atom stereocenters. The second-order valence-electron chi connectivity index (χ2n) is 5.73. The first-order chi connectivity index (χ1) is 12.3. The molecule has 0 saturated carbocycles. The van der Waals surface area contributed by atoms with E-state index >= 15 is 0 Å². The van der Waals surface area contributed by atoms with Crippen molar-refractivity contribution >= 4 is 45.6 Å². The fourth-order valence-corrected chi connectivity index (χ4v) is 3.75. The van der Waals surface area contributed by atoms with Gasteiger partial charge in [0.1, 0.15) is 0 Å². The van der Waals surface area contributed by atoms with Crippen molar-refractivity contribution in [3.8, 4) is 0 Å². The molecule has 0 spiro atoms. The molecule has 0 fully saturated rings. The molecular formula is C18H16F3N3S2. The topological polar surface area (TPSA) is 27.6 Å². The number of nitrogens with zero attached hydrogens (tertiary/aromatic N) is 2. The highest BCUT2D eigenvalue weighted by Gasteiger charge is 2.32. The van der Waals surface area contributed by atoms with Crippen LogP contribution in [0.5, 0.6) is 0 Å². The first kappa shape index (κ1) is 18.7. The largest absolute Gasteiger partial charge is 0.416 e. The normalized spacial score (nSPS) is 16.9. The molecule has 1 N–H and O–H groups in total. The summed E-state index contributed by atoms with van der Waals surface area (Å²) in [7, 11) is 0. The molecule has 1 atom stereocenters. The van der Waals surface area contributed by atoms with Crippen LogP contribution in [-0.4, -0.2) is 22.1 Å². The Labute approximate surface area is 159 Å². The summed E-state index contributed by atoms with van der Waals surface area (Å²) in [5.41, 5.74) is 0.360. The molecule has 0 amide bonds. The number of hydrogen-bond donors (Lipinski definition) is 1. The van der Waals surface area contributed by atoms with Crippen LogP contribution >= 0.6 is 24.0 Å². The number of hydrogen-bond acceptors (Lipinski definition) is 3. The zero-order valence-electron chi connectivity index (χ0n) is 13.8. The van der Waals surface area contributed by atoms with E-state index in [0.717, 1.165) is 17.8 Å². The number of benzene rings is 2. The summed E-state index contributed by atoms with van der Waals surface area (Å²) in [6.07, 6.45) is -4.42. The van der Waals surface area contributed by atoms with Gasteiger partial charge in [-0.15, -0.1) is 0 Å². The van der Waals surface area contributed by atoms with Gasteiger partial charge in [-0.2, -0.15) is 13.2 Å². The quantitative estimate of drug-likeness (QED) is 0.689. The standard InChI is InChI=1S/C18H16F3N3S2/c1-12-11-22-17(26-12)24(16(25)23-14-7-3-2-4-8-14)15-9-5-6-13(10-15)18(19,20)21/h2-10,12H,11H2,1H3,(H,23,25)/t12-/m0/s1. The minimum Gasteiger partial charge on any atom is -0.332 e. The van der Waals surface area contributed by atoms with Crippen molar-refractivity contribution in [2.45, 2.75) is 18.3 Å². The Kier molecular flexibility index (Phi) is 5.52. The Morgan fingerprint density at radius 2 is 1.92 bits per heavy atom. The monoisotopic (exact) mass is 395 g/mol. The van der Waals surface area contributed by atoms with Crippen molar-refractivity contribution in [2.24, 2.45) is 4.99 Å². The average Bonchev–Trinajstić information content (AvgIpc) is 3.01. The van der Waals surface area contributed by atoms with Gasteiger partial charge in [-0.3, -0.25) is 9.89 Å². The minimum absolute atomic E-state index is 0.248. The predicted octanol–water partition coefficient (Wildman–Crippen LogP) is 5.40. The lowest BCUT2D eigenvalue weighted by atomic mass is 10.2. The first-order valence-corrected chi connectivity index (χ1v) is 9.18. The molecule has 3 nitrogen and oxygen atoms in total. The molecule has 1 aliphatic heterocycles. The molecule has 1 aliphatic rings. The van der Waals surface area contributed by atoms with E-state index in [2.05, 4.69) is 10.3 Å². The average molecular weight is 395 g/mol. The van der Waals surface area contributed by atoms with E-state index in [1.807, 2.05) is 37.3 Å². The lowest BCUT2D eigenvalue weighted by Gasteiger charge is -2.26. The number of aliphatic imine (C=N–C) groups is 1. The fourth-order valence-electron chi connectivity index (χ4n) is 2.42. The number of amidine groups is 1. The van der Waals surface area contributed by atoms with E-state index in [1.165, 1.54) is 17.8 Å². The molecule has 136 valence electrons. The summed E-state index contributed by atoms with van der Waals surface area (Å²) >= 11 is 6.98. The van der Waals surface area contributed by atoms with Crippen LogP contribution in [0.2, 0.25) is 0 Å². The molecule has 0 aliphatic carbocycles. The van der Waals surface area contributed by atoms with E-state index in [-0.39, 0.29) is 10.4 Å². The fraction of sp³-hybridized carbons (Fsp3) is 0.222. The molecule has 8 heteroatoms. The molecule has 26 heavy (non-hydrogen) atoms. The third-order valence-corrected chi connectivity index (χ3v) is 5.00. The lowest BCUT2D eigenvalue weighted by Crippen LogP contribution is -2.38. The van der Waals surface area contributed by atoms with Gasteiger partial charge in [0, 0.05) is 10.9 Å². The van der Waals surface area contributed by atoms with E-state index in [1.54, 1.807) is 11.0 Å². The van der Waals surface area contributed by atoms with Crippen LogP contribution in [-0.2, 0) is 6.18 Å². The van der Waals surface area contributed by atoms with Crippen LogP contribution in [0.4, 0.5) is 24.5 Å². The Bertz CT molecular complexity index is 822. The summed E-state index contributed by atoms with van der Waals surface area (Å²) in [4.78, 5) is 6.01. The van der Waals surface area contributed by atoms with Crippen molar-refractivity contribution in [2.75, 3.05) is 16.8 Å². The Balaban J connectivity index is 1.95. The summed E-state index contributed by atoms with van der Waals surface area (Å²) in [6.45, 7) is 2.61. The summed E-state index contributed by atoms with van der Waals surface area (Å²) in [5.74, 6) is 0. The third kappa shape index (κ3) is 4.37. The van der Waals surface area contributed by atoms with Gasteiger partial charge >= 0.3 is 6.18 Å². The highest BCUT2D eigenvalue weighted by molar-refractivity contribution is 8.15. The molecule has 0 saturated heterocycles. The van der Waals surface area contributed by atoms with E-state index in [9.17, 15) is 13.2 Å². The van der Waals surface area contributed by atoms with Crippen LogP contribution in [0.3, 0.4) is 0 Å². The van der Waals surface area contributed by atoms with Crippen LogP contribution in [0.25, 0.3) is 0 Å². The second kappa shape index (κ2) is 7.67. The van der Waals surface area contributed by atoms with Gasteiger partial charge in [-0.05, 0) is 42.5 Å². The molecule has 2 aromatic rings. The first-order valence-electron chi connectivity index (χ1n) is 7.89. The number of thioether (sulfide) groups is 1. The van der Waals surface area contributed by atoms with Gasteiger partial charge in [-0.1, -0.05) is 43.0 Å². The van der Waals surface area contributed by atoms with E-state index < -0.39 is 11.7 Å². The Morgan fingerprint density at radius 1 is 1.19 bits per heavy atom. The predicted molar refractivity (Wildman–Crippen MR) is 106 cm³/mol. The molecule has 2 aromatic carbocycles. The summed E-state index contributed by atoms with van der Waals surface area (Å²) in [6, 6.07) is 14.4. The maximum atomic E-state index is 13.1. The van der Waals surface area contributed by atoms with Crippen molar-refractivity contribution in [3.63, 3.8) is 0 Å². The minimum atomic E-state index is -4.42. The number of rotatable bonds is 2. The van der Waals surface area contributed by atoms with Gasteiger partial charge in [0.15, 0.2) is 10.3 Å². The van der Waals surface area contributed by atoms with E-state index in [4.69, 9.17) is 12.2 Å².